The third kappa shape index (κ3) is 1.77. The van der Waals surface area contributed by atoms with Crippen molar-refractivity contribution in [1.82, 2.24) is 9.97 Å². The van der Waals surface area contributed by atoms with Gasteiger partial charge in [0, 0.05) is 6.54 Å². The first kappa shape index (κ1) is 10.6. The quantitative estimate of drug-likeness (QED) is 0.747. The van der Waals surface area contributed by atoms with Crippen molar-refractivity contribution in [1.29, 1.82) is 0 Å². The van der Waals surface area contributed by atoms with Crippen LogP contribution in [0.4, 0.5) is 0 Å². The van der Waals surface area contributed by atoms with Crippen LogP contribution in [-0.2, 0) is 9.53 Å². The van der Waals surface area contributed by atoms with Gasteiger partial charge >= 0.3 is 5.97 Å². The average Bonchev–Trinajstić information content (AvgIpc) is 2.77. The summed E-state index contributed by atoms with van der Waals surface area (Å²) >= 11 is 0. The lowest BCUT2D eigenvalue weighted by molar-refractivity contribution is -0.142. The van der Waals surface area contributed by atoms with E-state index >= 15 is 0 Å². The molecule has 84 valence electrons. The molecule has 0 saturated heterocycles. The predicted octanol–water partition coefficient (Wildman–Crippen LogP) is 0.778. The number of ether oxygens (including phenoxy) is 1. The van der Waals surface area contributed by atoms with E-state index in [1.807, 2.05) is 18.2 Å². The predicted molar refractivity (Wildman–Crippen MR) is 59.9 cm³/mol. The highest BCUT2D eigenvalue weighted by atomic mass is 16.5. The minimum Gasteiger partial charge on any atom is -0.469 e. The maximum atomic E-state index is 11.5. The van der Waals surface area contributed by atoms with E-state index < -0.39 is 5.92 Å². The number of fused-ring (bicyclic) bond motifs is 1. The third-order valence-corrected chi connectivity index (χ3v) is 2.57. The SMILES string of the molecule is COC(=O)C(CN)c1ccc2nc[nH]c2c1. The number of nitrogens with one attached hydrogen (secondary N) is 1. The number of hydrogen-bond acceptors (Lipinski definition) is 4. The average molecular weight is 219 g/mol. The second-order valence-electron chi connectivity index (χ2n) is 3.49. The number of hydrogen-bond donors (Lipinski definition) is 2. The number of benzene rings is 1. The number of aromatic nitrogens is 2. The zero-order chi connectivity index (χ0) is 11.5. The summed E-state index contributed by atoms with van der Waals surface area (Å²) in [5, 5.41) is 0. The molecular formula is C11H13N3O2. The van der Waals surface area contributed by atoms with Crippen LogP contribution in [0.25, 0.3) is 11.0 Å². The van der Waals surface area contributed by atoms with E-state index in [1.54, 1.807) is 6.33 Å². The van der Waals surface area contributed by atoms with Gasteiger partial charge in [0.25, 0.3) is 0 Å². The number of carbonyl (C=O) groups excluding carboxylic acids is 1. The zero-order valence-corrected chi connectivity index (χ0v) is 8.93. The summed E-state index contributed by atoms with van der Waals surface area (Å²) in [4.78, 5) is 18.6. The highest BCUT2D eigenvalue weighted by Gasteiger charge is 2.19. The largest absolute Gasteiger partial charge is 0.469 e. The Hall–Kier alpha value is -1.88. The maximum absolute atomic E-state index is 11.5. The number of esters is 1. The van der Waals surface area contributed by atoms with Crippen LogP contribution in [0.5, 0.6) is 0 Å². The molecule has 0 radical (unpaired) electrons. The van der Waals surface area contributed by atoms with E-state index in [1.165, 1.54) is 7.11 Å². The second kappa shape index (κ2) is 4.32. The Morgan fingerprint density at radius 2 is 2.44 bits per heavy atom. The molecule has 0 amide bonds. The second-order valence-corrected chi connectivity index (χ2v) is 3.49. The molecule has 1 aromatic heterocycles. The molecule has 1 atom stereocenters. The van der Waals surface area contributed by atoms with Crippen molar-refractivity contribution in [2.45, 2.75) is 5.92 Å². The Morgan fingerprint density at radius 1 is 1.62 bits per heavy atom. The monoisotopic (exact) mass is 219 g/mol. The first-order chi connectivity index (χ1) is 7.76. The van der Waals surface area contributed by atoms with Gasteiger partial charge in [-0.05, 0) is 17.7 Å². The first-order valence-corrected chi connectivity index (χ1v) is 4.97. The fourth-order valence-electron chi connectivity index (χ4n) is 1.68. The van der Waals surface area contributed by atoms with Crippen molar-refractivity contribution in [2.24, 2.45) is 5.73 Å². The number of rotatable bonds is 3. The molecule has 1 heterocycles. The Bertz CT molecular complexity index is 507. The smallest absolute Gasteiger partial charge is 0.314 e. The van der Waals surface area contributed by atoms with Crippen LogP contribution in [-0.4, -0.2) is 29.6 Å². The molecule has 5 heteroatoms. The number of nitrogens with zero attached hydrogens (tertiary/aromatic N) is 1. The molecule has 0 aliphatic carbocycles. The highest BCUT2D eigenvalue weighted by Crippen LogP contribution is 2.20. The molecule has 0 bridgehead atoms. The topological polar surface area (TPSA) is 81.0 Å². The molecule has 0 aliphatic rings. The zero-order valence-electron chi connectivity index (χ0n) is 8.93. The Morgan fingerprint density at radius 3 is 3.12 bits per heavy atom. The van der Waals surface area contributed by atoms with Gasteiger partial charge in [0.1, 0.15) is 0 Å². The van der Waals surface area contributed by atoms with Crippen LogP contribution in [0.3, 0.4) is 0 Å². The fraction of sp³-hybridized carbons (Fsp3) is 0.273. The van der Waals surface area contributed by atoms with E-state index in [2.05, 4.69) is 9.97 Å². The molecule has 16 heavy (non-hydrogen) atoms. The first-order valence-electron chi connectivity index (χ1n) is 4.97. The molecule has 3 N–H and O–H groups in total. The molecule has 0 spiro atoms. The summed E-state index contributed by atoms with van der Waals surface area (Å²) in [5.41, 5.74) is 8.17. The molecule has 1 unspecified atom stereocenters. The van der Waals surface area contributed by atoms with Gasteiger partial charge < -0.3 is 15.5 Å². The summed E-state index contributed by atoms with van der Waals surface area (Å²) in [7, 11) is 1.36. The summed E-state index contributed by atoms with van der Waals surface area (Å²) in [6.45, 7) is 0.228. The Labute approximate surface area is 92.6 Å². The minimum absolute atomic E-state index is 0.228. The van der Waals surface area contributed by atoms with Gasteiger partial charge in [0.05, 0.1) is 30.4 Å². The summed E-state index contributed by atoms with van der Waals surface area (Å²) in [6, 6.07) is 5.57. The lowest BCUT2D eigenvalue weighted by atomic mass is 9.99. The van der Waals surface area contributed by atoms with Crippen molar-refractivity contribution in [3.63, 3.8) is 0 Å². The van der Waals surface area contributed by atoms with Crippen molar-refractivity contribution >= 4 is 17.0 Å². The lowest BCUT2D eigenvalue weighted by Gasteiger charge is -2.12. The summed E-state index contributed by atoms with van der Waals surface area (Å²) in [6.07, 6.45) is 1.62. The number of H-pyrrole nitrogens is 1. The van der Waals surface area contributed by atoms with Crippen LogP contribution >= 0.6 is 0 Å². The van der Waals surface area contributed by atoms with E-state index in [0.29, 0.717) is 0 Å². The van der Waals surface area contributed by atoms with E-state index in [-0.39, 0.29) is 12.5 Å². The molecule has 2 aromatic rings. The van der Waals surface area contributed by atoms with Gasteiger partial charge in [-0.25, -0.2) is 4.98 Å². The number of methoxy groups -OCH3 is 1. The van der Waals surface area contributed by atoms with Crippen molar-refractivity contribution < 1.29 is 9.53 Å². The summed E-state index contributed by atoms with van der Waals surface area (Å²) in [5.74, 6) is -0.737. The fourth-order valence-corrected chi connectivity index (χ4v) is 1.68. The maximum Gasteiger partial charge on any atom is 0.314 e. The number of nitrogens with two attached hydrogens (primary N) is 1. The molecule has 1 aromatic carbocycles. The van der Waals surface area contributed by atoms with Crippen LogP contribution in [0.15, 0.2) is 24.5 Å². The third-order valence-electron chi connectivity index (χ3n) is 2.57. The van der Waals surface area contributed by atoms with Gasteiger partial charge in [0.15, 0.2) is 0 Å². The van der Waals surface area contributed by atoms with Crippen molar-refractivity contribution in [2.75, 3.05) is 13.7 Å². The molecule has 0 fully saturated rings. The van der Waals surface area contributed by atoms with Crippen molar-refractivity contribution in [3.8, 4) is 0 Å². The minimum atomic E-state index is -0.419. The summed E-state index contributed by atoms with van der Waals surface area (Å²) < 4.78 is 4.71. The van der Waals surface area contributed by atoms with E-state index in [0.717, 1.165) is 16.6 Å². The van der Waals surface area contributed by atoms with Crippen LogP contribution in [0.2, 0.25) is 0 Å². The molecular weight excluding hydrogens is 206 g/mol. The molecule has 5 nitrogen and oxygen atoms in total. The Kier molecular flexibility index (Phi) is 2.87. The van der Waals surface area contributed by atoms with Gasteiger partial charge in [-0.2, -0.15) is 0 Å². The van der Waals surface area contributed by atoms with Crippen LogP contribution < -0.4 is 5.73 Å². The highest BCUT2D eigenvalue weighted by molar-refractivity contribution is 5.82. The van der Waals surface area contributed by atoms with E-state index in [9.17, 15) is 4.79 Å². The number of aromatic amines is 1. The number of carbonyl (C=O) groups is 1. The van der Waals surface area contributed by atoms with E-state index in [4.69, 9.17) is 10.5 Å². The van der Waals surface area contributed by atoms with Crippen LogP contribution in [0, 0.1) is 0 Å². The van der Waals surface area contributed by atoms with Gasteiger partial charge in [0.2, 0.25) is 0 Å². The normalized spacial score (nSPS) is 12.6. The number of imidazole rings is 1. The van der Waals surface area contributed by atoms with Crippen LogP contribution in [0.1, 0.15) is 11.5 Å². The Balaban J connectivity index is 2.40. The standard InChI is InChI=1S/C11H13N3O2/c1-16-11(15)8(5-12)7-2-3-9-10(4-7)14-6-13-9/h2-4,6,8H,5,12H2,1H3,(H,13,14). The van der Waals surface area contributed by atoms with Gasteiger partial charge in [-0.1, -0.05) is 6.07 Å². The molecule has 2 rings (SSSR count). The lowest BCUT2D eigenvalue weighted by Crippen LogP contribution is -2.22. The van der Waals surface area contributed by atoms with Gasteiger partial charge in [-0.3, -0.25) is 4.79 Å². The molecule has 0 saturated carbocycles. The van der Waals surface area contributed by atoms with Crippen molar-refractivity contribution in [3.05, 3.63) is 30.1 Å². The molecule has 0 aliphatic heterocycles. The van der Waals surface area contributed by atoms with Gasteiger partial charge in [-0.15, -0.1) is 0 Å².